The van der Waals surface area contributed by atoms with Crippen molar-refractivity contribution in [1.29, 1.82) is 0 Å². The quantitative estimate of drug-likeness (QED) is 0.910. The number of hydrogen-bond donors (Lipinski definition) is 1. The van der Waals surface area contributed by atoms with E-state index in [9.17, 15) is 0 Å². The van der Waals surface area contributed by atoms with E-state index in [2.05, 4.69) is 34.0 Å². The van der Waals surface area contributed by atoms with Crippen LogP contribution in [0.4, 0.5) is 0 Å². The number of ether oxygens (including phenoxy) is 1. The Bertz CT molecular complexity index is 593. The molecule has 20 heavy (non-hydrogen) atoms. The predicted octanol–water partition coefficient (Wildman–Crippen LogP) is 3.34. The van der Waals surface area contributed by atoms with Crippen LogP contribution in [-0.2, 0) is 20.1 Å². The van der Waals surface area contributed by atoms with Gasteiger partial charge in [0.25, 0.3) is 0 Å². The van der Waals surface area contributed by atoms with Crippen LogP contribution in [0, 0.1) is 0 Å². The van der Waals surface area contributed by atoms with Gasteiger partial charge in [0.05, 0.1) is 11.4 Å². The molecule has 2 rings (SSSR count). The number of hydrogen-bond acceptors (Lipinski definition) is 3. The highest BCUT2D eigenvalue weighted by atomic mass is 79.9. The van der Waals surface area contributed by atoms with E-state index in [-0.39, 0.29) is 6.04 Å². The largest absolute Gasteiger partial charge is 0.487 e. The second-order valence-electron chi connectivity index (χ2n) is 4.86. The molecule has 5 heteroatoms. The first-order valence-electron chi connectivity index (χ1n) is 6.71. The van der Waals surface area contributed by atoms with Gasteiger partial charge in [0, 0.05) is 23.1 Å². The third-order valence-corrected chi connectivity index (χ3v) is 3.72. The summed E-state index contributed by atoms with van der Waals surface area (Å²) in [5.41, 5.74) is 9.11. The van der Waals surface area contributed by atoms with Gasteiger partial charge in [-0.2, -0.15) is 5.10 Å². The highest BCUT2D eigenvalue weighted by Crippen LogP contribution is 2.28. The summed E-state index contributed by atoms with van der Waals surface area (Å²) in [5, 5.41) is 4.42. The van der Waals surface area contributed by atoms with Crippen LogP contribution in [0.5, 0.6) is 5.75 Å². The average Bonchev–Trinajstić information content (AvgIpc) is 2.76. The first-order chi connectivity index (χ1) is 9.51. The molecule has 0 amide bonds. The van der Waals surface area contributed by atoms with Crippen molar-refractivity contribution in [2.75, 3.05) is 0 Å². The van der Waals surface area contributed by atoms with Gasteiger partial charge in [0.1, 0.15) is 12.4 Å². The number of nitrogens with zero attached hydrogens (tertiary/aromatic N) is 2. The Morgan fingerprint density at radius 1 is 1.40 bits per heavy atom. The summed E-state index contributed by atoms with van der Waals surface area (Å²) in [6.07, 6.45) is 0.926. The summed E-state index contributed by atoms with van der Waals surface area (Å²) in [6, 6.07) is 7.94. The van der Waals surface area contributed by atoms with Crippen LogP contribution >= 0.6 is 15.9 Å². The van der Waals surface area contributed by atoms with Crippen molar-refractivity contribution in [3.63, 3.8) is 0 Å². The number of rotatable bonds is 5. The Labute approximate surface area is 128 Å². The Kier molecular flexibility index (Phi) is 4.83. The minimum atomic E-state index is -0.0594. The van der Waals surface area contributed by atoms with Crippen LogP contribution in [0.25, 0.3) is 0 Å². The highest BCUT2D eigenvalue weighted by molar-refractivity contribution is 9.10. The summed E-state index contributed by atoms with van der Waals surface area (Å²) >= 11 is 3.46. The molecule has 4 nitrogen and oxygen atoms in total. The molecule has 0 fully saturated rings. The second kappa shape index (κ2) is 6.41. The Morgan fingerprint density at radius 3 is 2.75 bits per heavy atom. The fourth-order valence-corrected chi connectivity index (χ4v) is 2.38. The lowest BCUT2D eigenvalue weighted by Crippen LogP contribution is -2.09. The van der Waals surface area contributed by atoms with Crippen LogP contribution in [-0.4, -0.2) is 9.78 Å². The third-order valence-electron chi connectivity index (χ3n) is 3.23. The molecule has 0 unspecified atom stereocenters. The Hall–Kier alpha value is -1.33. The zero-order valence-electron chi connectivity index (χ0n) is 12.1. The molecule has 1 heterocycles. The Morgan fingerprint density at radius 2 is 2.15 bits per heavy atom. The van der Waals surface area contributed by atoms with E-state index in [0.717, 1.165) is 33.6 Å². The summed E-state index contributed by atoms with van der Waals surface area (Å²) in [7, 11) is 1.94. The van der Waals surface area contributed by atoms with Crippen LogP contribution in [0.2, 0.25) is 0 Å². The van der Waals surface area contributed by atoms with Gasteiger partial charge in [-0.3, -0.25) is 4.68 Å². The molecule has 1 atom stereocenters. The summed E-state index contributed by atoms with van der Waals surface area (Å²) in [6.45, 7) is 4.53. The molecule has 1 aromatic carbocycles. The SMILES string of the molecule is CCc1cc(COc2cc(Br)ccc2[C@H](C)N)n(C)n1. The normalized spacial score (nSPS) is 12.4. The lowest BCUT2D eigenvalue weighted by atomic mass is 10.1. The zero-order valence-corrected chi connectivity index (χ0v) is 13.6. The van der Waals surface area contributed by atoms with Gasteiger partial charge in [-0.15, -0.1) is 0 Å². The van der Waals surface area contributed by atoms with Crippen LogP contribution in [0.3, 0.4) is 0 Å². The van der Waals surface area contributed by atoms with Crippen molar-refractivity contribution in [2.45, 2.75) is 32.9 Å². The van der Waals surface area contributed by atoms with Crippen molar-refractivity contribution < 1.29 is 4.74 Å². The lowest BCUT2D eigenvalue weighted by molar-refractivity contribution is 0.290. The first kappa shape index (κ1) is 15.1. The maximum Gasteiger partial charge on any atom is 0.130 e. The van der Waals surface area contributed by atoms with Gasteiger partial charge in [0.15, 0.2) is 0 Å². The van der Waals surface area contributed by atoms with Crippen molar-refractivity contribution in [1.82, 2.24) is 9.78 Å². The van der Waals surface area contributed by atoms with Gasteiger partial charge in [-0.25, -0.2) is 0 Å². The van der Waals surface area contributed by atoms with E-state index in [1.54, 1.807) is 0 Å². The predicted molar refractivity (Wildman–Crippen MR) is 83.7 cm³/mol. The Balaban J connectivity index is 2.17. The minimum Gasteiger partial charge on any atom is -0.487 e. The fourth-order valence-electron chi connectivity index (χ4n) is 2.04. The molecular weight excluding hydrogens is 318 g/mol. The van der Waals surface area contributed by atoms with Crippen molar-refractivity contribution in [3.8, 4) is 5.75 Å². The summed E-state index contributed by atoms with van der Waals surface area (Å²) in [4.78, 5) is 0. The number of nitrogens with two attached hydrogens (primary N) is 1. The molecule has 1 aromatic heterocycles. The van der Waals surface area contributed by atoms with Crippen molar-refractivity contribution in [2.24, 2.45) is 12.8 Å². The maximum absolute atomic E-state index is 5.98. The molecule has 0 spiro atoms. The number of halogens is 1. The molecule has 0 radical (unpaired) electrons. The number of aromatic nitrogens is 2. The van der Waals surface area contributed by atoms with E-state index in [4.69, 9.17) is 10.5 Å². The fraction of sp³-hybridized carbons (Fsp3) is 0.400. The highest BCUT2D eigenvalue weighted by Gasteiger charge is 2.10. The van der Waals surface area contributed by atoms with E-state index in [0.29, 0.717) is 6.61 Å². The first-order valence-corrected chi connectivity index (χ1v) is 7.50. The molecule has 2 aromatic rings. The van der Waals surface area contributed by atoms with Crippen LogP contribution in [0.1, 0.15) is 36.8 Å². The monoisotopic (exact) mass is 337 g/mol. The van der Waals surface area contributed by atoms with E-state index < -0.39 is 0 Å². The molecule has 2 N–H and O–H groups in total. The van der Waals surface area contributed by atoms with E-state index in [1.807, 2.05) is 36.9 Å². The molecule has 0 bridgehead atoms. The number of benzene rings is 1. The molecule has 0 aliphatic heterocycles. The van der Waals surface area contributed by atoms with Crippen molar-refractivity contribution >= 4 is 15.9 Å². The molecular formula is C15H20BrN3O. The van der Waals surface area contributed by atoms with E-state index in [1.165, 1.54) is 0 Å². The third kappa shape index (κ3) is 3.41. The molecule has 0 saturated heterocycles. The smallest absolute Gasteiger partial charge is 0.130 e. The average molecular weight is 338 g/mol. The van der Waals surface area contributed by atoms with Crippen LogP contribution in [0.15, 0.2) is 28.7 Å². The summed E-state index contributed by atoms with van der Waals surface area (Å²) < 4.78 is 8.78. The molecule has 108 valence electrons. The maximum atomic E-state index is 5.98. The molecule has 0 aliphatic carbocycles. The lowest BCUT2D eigenvalue weighted by Gasteiger charge is -2.14. The molecule has 0 aliphatic rings. The van der Waals surface area contributed by atoms with Crippen molar-refractivity contribution in [3.05, 3.63) is 45.7 Å². The van der Waals surface area contributed by atoms with Gasteiger partial charge in [-0.1, -0.05) is 28.9 Å². The number of aryl methyl sites for hydroxylation is 2. The zero-order chi connectivity index (χ0) is 14.7. The van der Waals surface area contributed by atoms with Gasteiger partial charge in [-0.05, 0) is 31.5 Å². The van der Waals surface area contributed by atoms with E-state index >= 15 is 0 Å². The second-order valence-corrected chi connectivity index (χ2v) is 5.78. The van der Waals surface area contributed by atoms with Gasteiger partial charge >= 0.3 is 0 Å². The van der Waals surface area contributed by atoms with Gasteiger partial charge in [0.2, 0.25) is 0 Å². The van der Waals surface area contributed by atoms with Crippen LogP contribution < -0.4 is 10.5 Å². The topological polar surface area (TPSA) is 53.1 Å². The minimum absolute atomic E-state index is 0.0594. The molecule has 0 saturated carbocycles. The summed E-state index contributed by atoms with van der Waals surface area (Å²) in [5.74, 6) is 0.814. The standard InChI is InChI=1S/C15H20BrN3O/c1-4-12-8-13(19(3)18-12)9-20-15-7-11(16)5-6-14(15)10(2)17/h5-8,10H,4,9,17H2,1-3H3/t10-/m0/s1. The van der Waals surface area contributed by atoms with Gasteiger partial charge < -0.3 is 10.5 Å².